The summed E-state index contributed by atoms with van der Waals surface area (Å²) in [4.78, 5) is 4.13. The van der Waals surface area contributed by atoms with Crippen molar-refractivity contribution in [2.24, 2.45) is 0 Å². The molecule has 2 rings (SSSR count). The van der Waals surface area contributed by atoms with Crippen molar-refractivity contribution in [3.8, 4) is 6.07 Å². The van der Waals surface area contributed by atoms with Gasteiger partial charge in [-0.15, -0.1) is 0 Å². The van der Waals surface area contributed by atoms with Crippen LogP contribution in [0.2, 0.25) is 0 Å². The van der Waals surface area contributed by atoms with E-state index in [1.807, 2.05) is 13.0 Å². The first kappa shape index (κ1) is 12.8. The molecule has 0 saturated carbocycles. The topological polar surface area (TPSA) is 60.7 Å². The van der Waals surface area contributed by atoms with Gasteiger partial charge in [0.1, 0.15) is 11.6 Å². The molecule has 4 nitrogen and oxygen atoms in total. The molecule has 0 saturated heterocycles. The lowest BCUT2D eigenvalue weighted by Crippen LogP contribution is -2.00. The summed E-state index contributed by atoms with van der Waals surface area (Å²) in [6.45, 7) is 2.74. The highest BCUT2D eigenvalue weighted by Crippen LogP contribution is 2.21. The van der Waals surface area contributed by atoms with E-state index >= 15 is 0 Å². The molecule has 0 spiro atoms. The minimum Gasteiger partial charge on any atom is -0.370 e. The number of nitrogens with zero attached hydrogens (tertiary/aromatic N) is 2. The van der Waals surface area contributed by atoms with Crippen molar-refractivity contribution in [3.63, 3.8) is 0 Å². The van der Waals surface area contributed by atoms with E-state index in [0.717, 1.165) is 18.1 Å². The number of benzene rings is 1. The van der Waals surface area contributed by atoms with Crippen LogP contribution in [0.15, 0.2) is 36.5 Å². The number of anilines is 3. The first-order valence-electron chi connectivity index (χ1n) is 5.89. The molecule has 0 aliphatic heterocycles. The highest BCUT2D eigenvalue weighted by Gasteiger charge is 2.04. The van der Waals surface area contributed by atoms with Crippen LogP contribution in [-0.4, -0.2) is 11.5 Å². The lowest BCUT2D eigenvalue weighted by Gasteiger charge is -2.09. The van der Waals surface area contributed by atoms with Gasteiger partial charge >= 0.3 is 0 Å². The molecule has 1 aromatic heterocycles. The van der Waals surface area contributed by atoms with Crippen molar-refractivity contribution in [2.45, 2.75) is 6.92 Å². The number of hydrogen-bond acceptors (Lipinski definition) is 4. The molecule has 2 N–H and O–H groups in total. The molecule has 1 aromatic carbocycles. The summed E-state index contributed by atoms with van der Waals surface area (Å²) in [6, 6.07) is 9.75. The van der Waals surface area contributed by atoms with Crippen LogP contribution >= 0.6 is 0 Å². The largest absolute Gasteiger partial charge is 0.370 e. The molecular weight excluding hydrogens is 243 g/mol. The summed E-state index contributed by atoms with van der Waals surface area (Å²) in [5, 5.41) is 14.7. The summed E-state index contributed by atoms with van der Waals surface area (Å²) in [7, 11) is 0. The van der Waals surface area contributed by atoms with E-state index in [2.05, 4.69) is 15.6 Å². The number of aromatic nitrogens is 1. The van der Waals surface area contributed by atoms with Gasteiger partial charge in [0.15, 0.2) is 0 Å². The van der Waals surface area contributed by atoms with E-state index < -0.39 is 5.82 Å². The van der Waals surface area contributed by atoms with Crippen molar-refractivity contribution in [1.82, 2.24) is 4.98 Å². The summed E-state index contributed by atoms with van der Waals surface area (Å²) >= 11 is 0. The average Bonchev–Trinajstić information content (AvgIpc) is 2.42. The van der Waals surface area contributed by atoms with Gasteiger partial charge in [-0.2, -0.15) is 5.26 Å². The van der Waals surface area contributed by atoms with Crippen molar-refractivity contribution in [1.29, 1.82) is 5.26 Å². The highest BCUT2D eigenvalue weighted by atomic mass is 19.1. The minimum absolute atomic E-state index is 0.297. The zero-order chi connectivity index (χ0) is 13.7. The summed E-state index contributed by atoms with van der Waals surface area (Å²) in [5.41, 5.74) is 1.35. The Morgan fingerprint density at radius 3 is 2.84 bits per heavy atom. The molecule has 0 fully saturated rings. The number of nitriles is 1. The normalized spacial score (nSPS) is 9.74. The van der Waals surface area contributed by atoms with Gasteiger partial charge in [0, 0.05) is 24.5 Å². The van der Waals surface area contributed by atoms with Crippen LogP contribution in [0.4, 0.5) is 21.6 Å². The molecule has 1 heterocycles. The van der Waals surface area contributed by atoms with E-state index in [1.54, 1.807) is 30.5 Å². The molecule has 0 radical (unpaired) electrons. The van der Waals surface area contributed by atoms with E-state index in [1.165, 1.54) is 6.07 Å². The molecule has 0 aliphatic rings. The third-order valence-corrected chi connectivity index (χ3v) is 2.50. The van der Waals surface area contributed by atoms with Crippen molar-refractivity contribution in [3.05, 3.63) is 47.9 Å². The number of rotatable bonds is 4. The lowest BCUT2D eigenvalue weighted by molar-refractivity contribution is 0.631. The van der Waals surface area contributed by atoms with Crippen LogP contribution in [-0.2, 0) is 0 Å². The summed E-state index contributed by atoms with van der Waals surface area (Å²) in [5.74, 6) is 0.266. The summed E-state index contributed by atoms with van der Waals surface area (Å²) < 4.78 is 13.7. The quantitative estimate of drug-likeness (QED) is 0.881. The van der Waals surface area contributed by atoms with Gasteiger partial charge in [-0.05, 0) is 31.2 Å². The third kappa shape index (κ3) is 3.19. The van der Waals surface area contributed by atoms with Crippen molar-refractivity contribution < 1.29 is 4.39 Å². The second-order valence-electron chi connectivity index (χ2n) is 3.89. The molecule has 96 valence electrons. The first-order chi connectivity index (χ1) is 9.22. The fourth-order valence-electron chi connectivity index (χ4n) is 1.63. The molecule has 0 unspecified atom stereocenters. The fourth-order valence-corrected chi connectivity index (χ4v) is 1.63. The second-order valence-corrected chi connectivity index (χ2v) is 3.89. The molecular formula is C14H13FN4. The molecule has 5 heteroatoms. The van der Waals surface area contributed by atoms with Crippen LogP contribution in [0.5, 0.6) is 0 Å². The molecule has 0 atom stereocenters. The smallest absolute Gasteiger partial charge is 0.147 e. The Morgan fingerprint density at radius 2 is 2.16 bits per heavy atom. The monoisotopic (exact) mass is 256 g/mol. The number of halogens is 1. The van der Waals surface area contributed by atoms with E-state index in [9.17, 15) is 4.39 Å². The van der Waals surface area contributed by atoms with Gasteiger partial charge in [-0.25, -0.2) is 9.37 Å². The van der Waals surface area contributed by atoms with Crippen LogP contribution in [0.3, 0.4) is 0 Å². The first-order valence-corrected chi connectivity index (χ1v) is 5.89. The van der Waals surface area contributed by atoms with Gasteiger partial charge in [0.25, 0.3) is 0 Å². The Balaban J connectivity index is 2.21. The Labute approximate surface area is 110 Å². The zero-order valence-electron chi connectivity index (χ0n) is 10.4. The van der Waals surface area contributed by atoms with Gasteiger partial charge in [-0.1, -0.05) is 0 Å². The maximum absolute atomic E-state index is 13.7. The zero-order valence-corrected chi connectivity index (χ0v) is 10.4. The van der Waals surface area contributed by atoms with Crippen LogP contribution in [0.25, 0.3) is 0 Å². The van der Waals surface area contributed by atoms with E-state index in [0.29, 0.717) is 11.3 Å². The SMILES string of the molecule is CCNc1cc(Nc2ccc(C#N)cc2F)ccn1. The Morgan fingerprint density at radius 1 is 1.32 bits per heavy atom. The Hall–Kier alpha value is -2.61. The van der Waals surface area contributed by atoms with Crippen LogP contribution in [0.1, 0.15) is 12.5 Å². The van der Waals surface area contributed by atoms with Gasteiger partial charge < -0.3 is 10.6 Å². The van der Waals surface area contributed by atoms with Gasteiger partial charge in [0.05, 0.1) is 17.3 Å². The third-order valence-electron chi connectivity index (χ3n) is 2.50. The lowest BCUT2D eigenvalue weighted by atomic mass is 10.2. The maximum Gasteiger partial charge on any atom is 0.147 e. The molecule has 0 bridgehead atoms. The predicted octanol–water partition coefficient (Wildman–Crippen LogP) is 3.27. The maximum atomic E-state index is 13.7. The fraction of sp³-hybridized carbons (Fsp3) is 0.143. The number of nitrogens with one attached hydrogen (secondary N) is 2. The number of hydrogen-bond donors (Lipinski definition) is 2. The molecule has 2 aromatic rings. The number of pyridine rings is 1. The molecule has 0 amide bonds. The average molecular weight is 256 g/mol. The predicted molar refractivity (Wildman–Crippen MR) is 72.8 cm³/mol. The standard InChI is InChI=1S/C14H13FN4/c1-2-17-14-8-11(5-6-18-14)19-13-4-3-10(9-16)7-12(13)15/h3-8H,2H2,1H3,(H2,17,18,19). The molecule has 19 heavy (non-hydrogen) atoms. The van der Waals surface area contributed by atoms with Gasteiger partial charge in [-0.3, -0.25) is 0 Å². The van der Waals surface area contributed by atoms with Crippen molar-refractivity contribution in [2.75, 3.05) is 17.2 Å². The van der Waals surface area contributed by atoms with Crippen LogP contribution in [0, 0.1) is 17.1 Å². The molecule has 0 aliphatic carbocycles. The highest BCUT2D eigenvalue weighted by molar-refractivity contribution is 5.63. The minimum atomic E-state index is -0.458. The van der Waals surface area contributed by atoms with E-state index in [-0.39, 0.29) is 0 Å². The summed E-state index contributed by atoms with van der Waals surface area (Å²) in [6.07, 6.45) is 1.64. The van der Waals surface area contributed by atoms with Crippen molar-refractivity contribution >= 4 is 17.2 Å². The Kier molecular flexibility index (Phi) is 3.94. The van der Waals surface area contributed by atoms with E-state index in [4.69, 9.17) is 5.26 Å². The van der Waals surface area contributed by atoms with Crippen LogP contribution < -0.4 is 10.6 Å². The van der Waals surface area contributed by atoms with Gasteiger partial charge in [0.2, 0.25) is 0 Å². The Bertz CT molecular complexity index is 619. The second kappa shape index (κ2) is 5.83.